The number of likely N-dealkylation sites (N-methyl/N-ethyl adjacent to an activating group) is 1. The van der Waals surface area contributed by atoms with Crippen molar-refractivity contribution in [1.82, 2.24) is 0 Å². The van der Waals surface area contributed by atoms with Crippen LogP contribution in [-0.4, -0.2) is 74.1 Å². The molecule has 0 aromatic heterocycles. The first-order valence-corrected chi connectivity index (χ1v) is 14.3. The first-order chi connectivity index (χ1) is 16.6. The number of carbonyl (C=O) groups excluding carboxylic acids is 1. The van der Waals surface area contributed by atoms with E-state index >= 15 is 0 Å². The summed E-state index contributed by atoms with van der Waals surface area (Å²) >= 11 is 0. The molecule has 0 bridgehead atoms. The number of phosphoric ester groups is 1. The van der Waals surface area contributed by atoms with Crippen molar-refractivity contribution in [2.45, 2.75) is 77.2 Å². The van der Waals surface area contributed by atoms with Crippen LogP contribution in [0, 0.1) is 0 Å². The number of aliphatic hydroxyl groups is 1. The Morgan fingerprint density at radius 1 is 0.914 bits per heavy atom. The predicted molar refractivity (Wildman–Crippen MR) is 141 cm³/mol. The van der Waals surface area contributed by atoms with E-state index in [1.54, 1.807) is 0 Å². The van der Waals surface area contributed by atoms with Gasteiger partial charge >= 0.3 is 13.8 Å². The first-order valence-electron chi connectivity index (χ1n) is 12.8. The van der Waals surface area contributed by atoms with Crippen LogP contribution >= 0.6 is 7.82 Å². The summed E-state index contributed by atoms with van der Waals surface area (Å²) in [6, 6.07) is 0. The molecule has 35 heavy (non-hydrogen) atoms. The molecule has 204 valence electrons. The summed E-state index contributed by atoms with van der Waals surface area (Å²) in [5.41, 5.74) is 0. The topological polar surface area (TPSA) is 102 Å². The quantitative estimate of drug-likeness (QED) is 0.0657. The van der Waals surface area contributed by atoms with E-state index in [4.69, 9.17) is 13.8 Å². The van der Waals surface area contributed by atoms with Crippen molar-refractivity contribution in [3.63, 3.8) is 0 Å². The van der Waals surface area contributed by atoms with Gasteiger partial charge in [-0.15, -0.1) is 0 Å². The molecule has 0 aromatic rings. The molecule has 0 saturated carbocycles. The third-order valence-electron chi connectivity index (χ3n) is 4.96. The fraction of sp³-hybridized carbons (Fsp3) is 0.731. The maximum Gasteiger partial charge on any atom is 0.472 e. The zero-order chi connectivity index (χ0) is 26.4. The molecule has 0 rings (SSSR count). The smallest absolute Gasteiger partial charge is 0.457 e. The Morgan fingerprint density at radius 3 is 2.03 bits per heavy atom. The lowest BCUT2D eigenvalue weighted by atomic mass is 10.1. The minimum atomic E-state index is -4.27. The Bertz CT molecular complexity index is 671. The lowest BCUT2D eigenvalue weighted by Gasteiger charge is -2.24. The number of nitrogens with zero attached hydrogens (tertiary/aromatic N) is 1. The number of allylic oxidation sites excluding steroid dienone is 6. The maximum atomic E-state index is 12.0. The van der Waals surface area contributed by atoms with Gasteiger partial charge in [-0.3, -0.25) is 13.8 Å². The Balaban J connectivity index is 3.90. The van der Waals surface area contributed by atoms with Crippen molar-refractivity contribution in [1.29, 1.82) is 0 Å². The van der Waals surface area contributed by atoms with Crippen molar-refractivity contribution in [3.05, 3.63) is 36.5 Å². The van der Waals surface area contributed by atoms with E-state index in [2.05, 4.69) is 43.4 Å². The molecule has 0 radical (unpaired) electrons. The molecule has 0 heterocycles. The number of quaternary nitrogens is 1. The molecule has 0 aliphatic carbocycles. The summed E-state index contributed by atoms with van der Waals surface area (Å²) in [6.07, 6.45) is 21.5. The highest BCUT2D eigenvalue weighted by molar-refractivity contribution is 7.47. The van der Waals surface area contributed by atoms with Gasteiger partial charge in [0.1, 0.15) is 19.3 Å². The SMILES string of the molecule is CCCCC/C=C\C/C=C\C/C=C\CCCCC(=O)O[C@@H](CO)COP(=O)(O)OCC[N+](C)(C)C. The van der Waals surface area contributed by atoms with Gasteiger partial charge in [0.25, 0.3) is 0 Å². The molecule has 9 heteroatoms. The van der Waals surface area contributed by atoms with E-state index in [-0.39, 0.29) is 13.0 Å². The molecule has 0 aliphatic heterocycles. The van der Waals surface area contributed by atoms with Crippen LogP contribution in [-0.2, 0) is 23.1 Å². The standard InChI is InChI=1S/C26H48NO7P/c1-5-6-7-8-9-10-11-12-13-14-15-16-17-18-19-20-26(29)34-25(23-28)24-33-35(30,31)32-22-21-27(2,3)4/h9-10,12-13,15-16,25,28H,5-8,11,14,17-24H2,1-4H3/p+1/b10-9-,13-12-,16-15-/t25-/m0/s1. The third-order valence-corrected chi connectivity index (χ3v) is 5.95. The van der Waals surface area contributed by atoms with Gasteiger partial charge in [0, 0.05) is 6.42 Å². The lowest BCUT2D eigenvalue weighted by molar-refractivity contribution is -0.870. The van der Waals surface area contributed by atoms with E-state index in [1.807, 2.05) is 21.1 Å². The number of esters is 1. The number of phosphoric acid groups is 1. The van der Waals surface area contributed by atoms with E-state index in [1.165, 1.54) is 25.7 Å². The van der Waals surface area contributed by atoms with Crippen LogP contribution in [0.4, 0.5) is 0 Å². The van der Waals surface area contributed by atoms with Crippen LogP contribution < -0.4 is 0 Å². The van der Waals surface area contributed by atoms with Crippen molar-refractivity contribution >= 4 is 13.8 Å². The molecule has 8 nitrogen and oxygen atoms in total. The van der Waals surface area contributed by atoms with Crippen molar-refractivity contribution in [3.8, 4) is 0 Å². The number of ether oxygens (including phenoxy) is 1. The van der Waals surface area contributed by atoms with Crippen LogP contribution in [0.1, 0.15) is 71.1 Å². The number of carbonyl (C=O) groups is 1. The van der Waals surface area contributed by atoms with Crippen LogP contribution in [0.3, 0.4) is 0 Å². The van der Waals surface area contributed by atoms with Gasteiger partial charge in [-0.05, 0) is 44.9 Å². The van der Waals surface area contributed by atoms with Gasteiger partial charge in [0.2, 0.25) is 0 Å². The fourth-order valence-corrected chi connectivity index (χ4v) is 3.58. The van der Waals surface area contributed by atoms with Gasteiger partial charge in [-0.2, -0.15) is 0 Å². The van der Waals surface area contributed by atoms with Gasteiger partial charge in [0.05, 0.1) is 34.4 Å². The van der Waals surface area contributed by atoms with Crippen molar-refractivity contribution in [2.75, 3.05) is 47.5 Å². The maximum absolute atomic E-state index is 12.0. The van der Waals surface area contributed by atoms with Crippen molar-refractivity contribution in [2.24, 2.45) is 0 Å². The Labute approximate surface area is 212 Å². The largest absolute Gasteiger partial charge is 0.472 e. The van der Waals surface area contributed by atoms with Gasteiger partial charge in [0.15, 0.2) is 0 Å². The molecule has 0 amide bonds. The summed E-state index contributed by atoms with van der Waals surface area (Å²) in [7, 11) is 1.52. The first kappa shape index (κ1) is 33.7. The molecule has 2 atom stereocenters. The van der Waals surface area contributed by atoms with Crippen LogP contribution in [0.15, 0.2) is 36.5 Å². The van der Waals surface area contributed by atoms with Crippen LogP contribution in [0.2, 0.25) is 0 Å². The number of aliphatic hydroxyl groups excluding tert-OH is 1. The Kier molecular flexibility index (Phi) is 20.1. The molecule has 0 aromatic carbocycles. The molecule has 0 spiro atoms. The normalized spacial score (nSPS) is 15.3. The predicted octanol–water partition coefficient (Wildman–Crippen LogP) is 5.32. The average molecular weight is 519 g/mol. The molecular formula is C26H49NO7P+. The minimum absolute atomic E-state index is 0.0438. The second-order valence-electron chi connectivity index (χ2n) is 9.53. The number of hydrogen-bond donors (Lipinski definition) is 2. The molecule has 1 unspecified atom stereocenters. The molecule has 0 fully saturated rings. The highest BCUT2D eigenvalue weighted by atomic mass is 31.2. The average Bonchev–Trinajstić information content (AvgIpc) is 2.78. The van der Waals surface area contributed by atoms with Crippen LogP contribution in [0.5, 0.6) is 0 Å². The highest BCUT2D eigenvalue weighted by Crippen LogP contribution is 2.43. The molecule has 0 saturated heterocycles. The van der Waals surface area contributed by atoms with Crippen LogP contribution in [0.25, 0.3) is 0 Å². The van der Waals surface area contributed by atoms with Gasteiger partial charge in [-0.25, -0.2) is 4.57 Å². The molecular weight excluding hydrogens is 469 g/mol. The Morgan fingerprint density at radius 2 is 1.49 bits per heavy atom. The zero-order valence-corrected chi connectivity index (χ0v) is 23.2. The monoisotopic (exact) mass is 518 g/mol. The third kappa shape index (κ3) is 24.2. The zero-order valence-electron chi connectivity index (χ0n) is 22.3. The Hall–Kier alpha value is -1.28. The number of unbranched alkanes of at least 4 members (excludes halogenated alkanes) is 5. The lowest BCUT2D eigenvalue weighted by Crippen LogP contribution is -2.37. The highest BCUT2D eigenvalue weighted by Gasteiger charge is 2.25. The second-order valence-corrected chi connectivity index (χ2v) is 11.0. The summed E-state index contributed by atoms with van der Waals surface area (Å²) in [5, 5.41) is 9.37. The summed E-state index contributed by atoms with van der Waals surface area (Å²) in [4.78, 5) is 21.7. The van der Waals surface area contributed by atoms with Crippen molar-refractivity contribution < 1.29 is 37.6 Å². The molecule has 0 aliphatic rings. The number of hydrogen-bond acceptors (Lipinski definition) is 6. The van der Waals surface area contributed by atoms with Gasteiger partial charge in [-0.1, -0.05) is 56.2 Å². The van der Waals surface area contributed by atoms with E-state index in [0.717, 1.165) is 25.7 Å². The van der Waals surface area contributed by atoms with E-state index in [9.17, 15) is 19.4 Å². The minimum Gasteiger partial charge on any atom is -0.457 e. The summed E-state index contributed by atoms with van der Waals surface area (Å²) in [6.45, 7) is 1.86. The fourth-order valence-electron chi connectivity index (χ4n) is 2.83. The molecule has 2 N–H and O–H groups in total. The second kappa shape index (κ2) is 20.9. The van der Waals surface area contributed by atoms with Gasteiger partial charge < -0.3 is 19.2 Å². The van der Waals surface area contributed by atoms with E-state index in [0.29, 0.717) is 17.4 Å². The summed E-state index contributed by atoms with van der Waals surface area (Å²) in [5.74, 6) is -0.471. The number of rotatable bonds is 22. The summed E-state index contributed by atoms with van der Waals surface area (Å²) < 4.78 is 27.4. The van der Waals surface area contributed by atoms with E-state index < -0.39 is 33.1 Å².